The van der Waals surface area contributed by atoms with Crippen molar-refractivity contribution in [2.75, 3.05) is 4.72 Å². The minimum Gasteiger partial charge on any atom is -0.478 e. The second-order valence-corrected chi connectivity index (χ2v) is 6.03. The zero-order valence-electron chi connectivity index (χ0n) is 11.2. The van der Waals surface area contributed by atoms with Gasteiger partial charge in [0.1, 0.15) is 0 Å². The highest BCUT2D eigenvalue weighted by molar-refractivity contribution is 7.92. The Hall–Kier alpha value is -2.87. The van der Waals surface area contributed by atoms with Crippen molar-refractivity contribution in [2.24, 2.45) is 5.73 Å². The Morgan fingerprint density at radius 3 is 2.14 bits per heavy atom. The molecule has 0 saturated heterocycles. The van der Waals surface area contributed by atoms with Crippen molar-refractivity contribution >= 4 is 27.6 Å². The van der Waals surface area contributed by atoms with Crippen LogP contribution in [0.1, 0.15) is 20.7 Å². The Balaban J connectivity index is 2.36. The van der Waals surface area contributed by atoms with Crippen LogP contribution in [-0.2, 0) is 10.0 Å². The van der Waals surface area contributed by atoms with Crippen LogP contribution in [0.5, 0.6) is 0 Å². The van der Waals surface area contributed by atoms with Gasteiger partial charge in [-0.25, -0.2) is 13.2 Å². The molecule has 7 nitrogen and oxygen atoms in total. The van der Waals surface area contributed by atoms with Crippen LogP contribution < -0.4 is 10.5 Å². The SMILES string of the molecule is NC(=O)c1ccccc1NS(=O)(=O)c1ccc(C(=O)O)cc1. The number of para-hydroxylation sites is 1. The first-order valence-corrected chi connectivity index (χ1v) is 7.54. The predicted molar refractivity (Wildman–Crippen MR) is 79.2 cm³/mol. The number of primary amides is 1. The van der Waals surface area contributed by atoms with Gasteiger partial charge in [-0.05, 0) is 36.4 Å². The van der Waals surface area contributed by atoms with Gasteiger partial charge in [0.15, 0.2) is 0 Å². The molecule has 2 aromatic carbocycles. The second kappa shape index (κ2) is 5.86. The molecule has 0 aliphatic heterocycles. The average Bonchev–Trinajstić information content (AvgIpc) is 2.47. The fraction of sp³-hybridized carbons (Fsp3) is 0. The Labute approximate surface area is 126 Å². The quantitative estimate of drug-likeness (QED) is 0.765. The summed E-state index contributed by atoms with van der Waals surface area (Å²) < 4.78 is 26.8. The van der Waals surface area contributed by atoms with Crippen molar-refractivity contribution in [3.05, 3.63) is 59.7 Å². The summed E-state index contributed by atoms with van der Waals surface area (Å²) in [5.74, 6) is -1.92. The van der Waals surface area contributed by atoms with Gasteiger partial charge in [0.05, 0.1) is 21.7 Å². The van der Waals surface area contributed by atoms with Gasteiger partial charge in [0.25, 0.3) is 15.9 Å². The topological polar surface area (TPSA) is 127 Å². The molecule has 0 heterocycles. The molecule has 0 aliphatic carbocycles. The molecule has 2 rings (SSSR count). The lowest BCUT2D eigenvalue weighted by molar-refractivity contribution is 0.0696. The Bertz CT molecular complexity index is 829. The molecule has 1 amide bonds. The highest BCUT2D eigenvalue weighted by Gasteiger charge is 2.18. The number of carbonyl (C=O) groups is 2. The largest absolute Gasteiger partial charge is 0.478 e. The van der Waals surface area contributed by atoms with Crippen LogP contribution >= 0.6 is 0 Å². The second-order valence-electron chi connectivity index (χ2n) is 4.34. The third-order valence-corrected chi connectivity index (χ3v) is 4.23. The van der Waals surface area contributed by atoms with E-state index in [1.807, 2.05) is 0 Å². The first-order valence-electron chi connectivity index (χ1n) is 6.06. The molecule has 0 aromatic heterocycles. The van der Waals surface area contributed by atoms with Gasteiger partial charge in [-0.2, -0.15) is 0 Å². The summed E-state index contributed by atoms with van der Waals surface area (Å²) in [5.41, 5.74) is 5.24. The van der Waals surface area contributed by atoms with Crippen molar-refractivity contribution in [3.63, 3.8) is 0 Å². The molecular formula is C14H12N2O5S. The third-order valence-electron chi connectivity index (χ3n) is 2.85. The molecule has 114 valence electrons. The summed E-state index contributed by atoms with van der Waals surface area (Å²) >= 11 is 0. The van der Waals surface area contributed by atoms with Gasteiger partial charge in [0, 0.05) is 0 Å². The molecule has 2 aromatic rings. The monoisotopic (exact) mass is 320 g/mol. The molecular weight excluding hydrogens is 308 g/mol. The Morgan fingerprint density at radius 1 is 1.00 bits per heavy atom. The van der Waals surface area contributed by atoms with Crippen LogP contribution in [0.2, 0.25) is 0 Å². The summed E-state index contributed by atoms with van der Waals surface area (Å²) in [7, 11) is -3.96. The smallest absolute Gasteiger partial charge is 0.335 e. The van der Waals surface area contributed by atoms with Gasteiger partial charge < -0.3 is 10.8 Å². The summed E-state index contributed by atoms with van der Waals surface area (Å²) in [6, 6.07) is 10.6. The lowest BCUT2D eigenvalue weighted by atomic mass is 10.2. The summed E-state index contributed by atoms with van der Waals surface area (Å²) in [4.78, 5) is 21.9. The van der Waals surface area contributed by atoms with E-state index in [9.17, 15) is 18.0 Å². The van der Waals surface area contributed by atoms with Gasteiger partial charge in [-0.15, -0.1) is 0 Å². The fourth-order valence-electron chi connectivity index (χ4n) is 1.77. The number of benzene rings is 2. The van der Waals surface area contributed by atoms with Crippen LogP contribution in [0.4, 0.5) is 5.69 Å². The van der Waals surface area contributed by atoms with Crippen molar-refractivity contribution < 1.29 is 23.1 Å². The number of anilines is 1. The van der Waals surface area contributed by atoms with Crippen molar-refractivity contribution in [2.45, 2.75) is 4.90 Å². The van der Waals surface area contributed by atoms with Crippen molar-refractivity contribution in [3.8, 4) is 0 Å². The normalized spacial score (nSPS) is 10.9. The molecule has 22 heavy (non-hydrogen) atoms. The number of aromatic carboxylic acids is 1. The van der Waals surface area contributed by atoms with E-state index < -0.39 is 21.9 Å². The van der Waals surface area contributed by atoms with Gasteiger partial charge in [-0.1, -0.05) is 12.1 Å². The molecule has 0 unspecified atom stereocenters. The van der Waals surface area contributed by atoms with E-state index in [-0.39, 0.29) is 21.7 Å². The molecule has 0 atom stereocenters. The number of nitrogens with one attached hydrogen (secondary N) is 1. The minimum absolute atomic E-state index is 0.0310. The number of rotatable bonds is 5. The molecule has 0 aliphatic rings. The maximum atomic E-state index is 12.2. The van der Waals surface area contributed by atoms with Crippen LogP contribution in [0.25, 0.3) is 0 Å². The van der Waals surface area contributed by atoms with Crippen molar-refractivity contribution in [1.82, 2.24) is 0 Å². The van der Waals surface area contributed by atoms with Crippen LogP contribution in [0, 0.1) is 0 Å². The lowest BCUT2D eigenvalue weighted by Crippen LogP contribution is -2.18. The van der Waals surface area contributed by atoms with Gasteiger partial charge in [0.2, 0.25) is 0 Å². The Kier molecular flexibility index (Phi) is 4.13. The van der Waals surface area contributed by atoms with Crippen LogP contribution in [0.3, 0.4) is 0 Å². The zero-order chi connectivity index (χ0) is 16.3. The first-order chi connectivity index (χ1) is 10.3. The molecule has 0 bridgehead atoms. The number of hydrogen-bond acceptors (Lipinski definition) is 4. The van der Waals surface area contributed by atoms with E-state index in [0.717, 1.165) is 0 Å². The lowest BCUT2D eigenvalue weighted by Gasteiger charge is -2.11. The van der Waals surface area contributed by atoms with E-state index in [1.54, 1.807) is 12.1 Å². The fourth-order valence-corrected chi connectivity index (χ4v) is 2.85. The Morgan fingerprint density at radius 2 is 1.59 bits per heavy atom. The number of carboxylic acid groups (broad SMARTS) is 1. The standard InChI is InChI=1S/C14H12N2O5S/c15-13(17)11-3-1-2-4-12(11)16-22(20,21)10-7-5-9(6-8-10)14(18)19/h1-8,16H,(H2,15,17)(H,18,19). The first kappa shape index (κ1) is 15.5. The molecule has 0 saturated carbocycles. The molecule has 0 radical (unpaired) electrons. The molecule has 8 heteroatoms. The number of hydrogen-bond donors (Lipinski definition) is 3. The molecule has 0 fully saturated rings. The number of nitrogens with two attached hydrogens (primary N) is 1. The van der Waals surface area contributed by atoms with Crippen molar-refractivity contribution in [1.29, 1.82) is 0 Å². The summed E-state index contributed by atoms with van der Waals surface area (Å²) in [6.45, 7) is 0. The summed E-state index contributed by atoms with van der Waals surface area (Å²) in [5, 5.41) is 8.79. The van der Waals surface area contributed by atoms with Crippen LogP contribution in [0.15, 0.2) is 53.4 Å². The van der Waals surface area contributed by atoms with E-state index in [2.05, 4.69) is 4.72 Å². The van der Waals surface area contributed by atoms with E-state index in [1.165, 1.54) is 36.4 Å². The van der Waals surface area contributed by atoms with Gasteiger partial charge in [-0.3, -0.25) is 9.52 Å². The maximum Gasteiger partial charge on any atom is 0.335 e. The van der Waals surface area contributed by atoms with E-state index in [4.69, 9.17) is 10.8 Å². The number of carbonyl (C=O) groups excluding carboxylic acids is 1. The zero-order valence-corrected chi connectivity index (χ0v) is 12.0. The maximum absolute atomic E-state index is 12.2. The third kappa shape index (κ3) is 3.23. The highest BCUT2D eigenvalue weighted by atomic mass is 32.2. The van der Waals surface area contributed by atoms with E-state index in [0.29, 0.717) is 0 Å². The van der Waals surface area contributed by atoms with Gasteiger partial charge >= 0.3 is 5.97 Å². The predicted octanol–water partition coefficient (Wildman–Crippen LogP) is 1.28. The van der Waals surface area contributed by atoms with E-state index >= 15 is 0 Å². The number of amides is 1. The highest BCUT2D eigenvalue weighted by Crippen LogP contribution is 2.20. The average molecular weight is 320 g/mol. The number of carboxylic acids is 1. The van der Waals surface area contributed by atoms with Crippen LogP contribution in [-0.4, -0.2) is 25.4 Å². The molecule has 4 N–H and O–H groups in total. The minimum atomic E-state index is -3.96. The summed E-state index contributed by atoms with van der Waals surface area (Å²) in [6.07, 6.45) is 0. The number of sulfonamides is 1. The molecule has 0 spiro atoms.